The molecule has 9 heteroatoms. The quantitative estimate of drug-likeness (QED) is 0.774. The van der Waals surface area contributed by atoms with Gasteiger partial charge >= 0.3 is 0 Å². The normalized spacial score (nSPS) is 12.8. The molecule has 23 heavy (non-hydrogen) atoms. The minimum absolute atomic E-state index is 0.151. The van der Waals surface area contributed by atoms with E-state index >= 15 is 0 Å². The molecule has 1 amide bonds. The van der Waals surface area contributed by atoms with Gasteiger partial charge in [0.1, 0.15) is 0 Å². The van der Waals surface area contributed by atoms with E-state index in [1.807, 2.05) is 24.3 Å². The van der Waals surface area contributed by atoms with E-state index in [2.05, 4.69) is 27.2 Å². The van der Waals surface area contributed by atoms with Crippen molar-refractivity contribution in [2.75, 3.05) is 5.32 Å². The van der Waals surface area contributed by atoms with Crippen LogP contribution in [-0.2, 0) is 21.2 Å². The first-order chi connectivity index (χ1) is 10.8. The molecule has 1 atom stereocenters. The Morgan fingerprint density at radius 2 is 1.91 bits per heavy atom. The monoisotopic (exact) mass is 354 g/mol. The Labute approximate surface area is 139 Å². The molecule has 0 spiro atoms. The lowest BCUT2D eigenvalue weighted by atomic mass is 10.1. The fraction of sp³-hybridized carbons (Fsp3) is 0.357. The third-order valence-electron chi connectivity index (χ3n) is 3.14. The Kier molecular flexibility index (Phi) is 5.45. The van der Waals surface area contributed by atoms with Crippen molar-refractivity contribution in [1.29, 1.82) is 0 Å². The number of benzene rings is 1. The van der Waals surface area contributed by atoms with Crippen molar-refractivity contribution in [2.45, 2.75) is 37.6 Å². The molecular formula is C14H18N4O3S2. The highest BCUT2D eigenvalue weighted by Crippen LogP contribution is 2.22. The molecule has 7 nitrogen and oxygen atoms in total. The number of aryl methyl sites for hydroxylation is 1. The zero-order chi connectivity index (χ0) is 17.0. The Balaban J connectivity index is 2.13. The number of sulfonamides is 1. The van der Waals surface area contributed by atoms with E-state index < -0.39 is 16.1 Å². The molecule has 0 bridgehead atoms. The van der Waals surface area contributed by atoms with Crippen LogP contribution in [0.1, 0.15) is 37.9 Å². The molecule has 124 valence electrons. The summed E-state index contributed by atoms with van der Waals surface area (Å²) < 4.78 is 27.0. The summed E-state index contributed by atoms with van der Waals surface area (Å²) in [6.07, 6.45) is 0.928. The average molecular weight is 354 g/mol. The number of nitrogens with zero attached hydrogens (tertiary/aromatic N) is 2. The number of carbonyl (C=O) groups is 1. The number of carbonyl (C=O) groups excluding carboxylic acids is 1. The Morgan fingerprint density at radius 3 is 2.48 bits per heavy atom. The van der Waals surface area contributed by atoms with E-state index in [4.69, 9.17) is 0 Å². The summed E-state index contributed by atoms with van der Waals surface area (Å²) in [5, 5.41) is 9.82. The van der Waals surface area contributed by atoms with Gasteiger partial charge in [-0.05, 0) is 24.5 Å². The first-order valence-corrected chi connectivity index (χ1v) is 9.34. The minimum Gasteiger partial charge on any atom is -0.301 e. The summed E-state index contributed by atoms with van der Waals surface area (Å²) in [7, 11) is -3.79. The van der Waals surface area contributed by atoms with Crippen LogP contribution in [0.4, 0.5) is 5.13 Å². The maximum atomic E-state index is 12.3. The van der Waals surface area contributed by atoms with Crippen LogP contribution in [-0.4, -0.2) is 24.5 Å². The summed E-state index contributed by atoms with van der Waals surface area (Å²) in [5.41, 5.74) is 2.05. The van der Waals surface area contributed by atoms with Gasteiger partial charge in [-0.25, -0.2) is 13.1 Å². The Hall–Kier alpha value is -1.84. The van der Waals surface area contributed by atoms with Gasteiger partial charge in [-0.2, -0.15) is 0 Å². The average Bonchev–Trinajstić information content (AvgIpc) is 2.95. The summed E-state index contributed by atoms with van der Waals surface area (Å²) in [6.45, 7) is 5.13. The van der Waals surface area contributed by atoms with E-state index in [0.717, 1.165) is 23.3 Å². The predicted octanol–water partition coefficient (Wildman–Crippen LogP) is 2.10. The van der Waals surface area contributed by atoms with Gasteiger partial charge in [-0.15, -0.1) is 10.2 Å². The third kappa shape index (κ3) is 4.57. The number of hydrogen-bond donors (Lipinski definition) is 2. The van der Waals surface area contributed by atoms with Crippen molar-refractivity contribution in [2.24, 2.45) is 0 Å². The van der Waals surface area contributed by atoms with Gasteiger partial charge in [-0.3, -0.25) is 4.79 Å². The maximum absolute atomic E-state index is 12.3. The van der Waals surface area contributed by atoms with E-state index in [0.29, 0.717) is 0 Å². The van der Waals surface area contributed by atoms with Gasteiger partial charge in [0.25, 0.3) is 10.0 Å². The van der Waals surface area contributed by atoms with Gasteiger partial charge < -0.3 is 5.32 Å². The molecule has 0 fully saturated rings. The van der Waals surface area contributed by atoms with Gasteiger partial charge in [0.2, 0.25) is 15.4 Å². The molecule has 2 N–H and O–H groups in total. The van der Waals surface area contributed by atoms with Gasteiger partial charge in [0, 0.05) is 13.0 Å². The fourth-order valence-corrected chi connectivity index (χ4v) is 4.11. The lowest BCUT2D eigenvalue weighted by Gasteiger charge is -2.13. The highest BCUT2D eigenvalue weighted by molar-refractivity contribution is 7.91. The zero-order valence-electron chi connectivity index (χ0n) is 13.0. The van der Waals surface area contributed by atoms with Crippen LogP contribution in [0.5, 0.6) is 0 Å². The van der Waals surface area contributed by atoms with Crippen LogP contribution in [0, 0.1) is 0 Å². The standard InChI is InChI=1S/C14H18N4O3S2/c1-4-11-5-7-12(8-6-11)9(2)18-23(20,21)14-17-16-13(22-14)15-10(3)19/h5-9,18H,4H2,1-3H3,(H,15,16,19)/t9-/m0/s1. The summed E-state index contributed by atoms with van der Waals surface area (Å²) in [5.74, 6) is -0.331. The molecule has 1 aromatic heterocycles. The van der Waals surface area contributed by atoms with Crippen LogP contribution >= 0.6 is 11.3 Å². The number of rotatable bonds is 6. The molecule has 0 aliphatic heterocycles. The maximum Gasteiger partial charge on any atom is 0.270 e. The van der Waals surface area contributed by atoms with Crippen molar-refractivity contribution in [1.82, 2.24) is 14.9 Å². The van der Waals surface area contributed by atoms with Crippen LogP contribution in [0.3, 0.4) is 0 Å². The summed E-state index contributed by atoms with van der Waals surface area (Å²) >= 11 is 0.807. The van der Waals surface area contributed by atoms with Crippen LogP contribution in [0.15, 0.2) is 28.6 Å². The second-order valence-electron chi connectivity index (χ2n) is 4.99. The van der Waals surface area contributed by atoms with Crippen molar-refractivity contribution < 1.29 is 13.2 Å². The third-order valence-corrected chi connectivity index (χ3v) is 5.89. The Morgan fingerprint density at radius 1 is 1.26 bits per heavy atom. The van der Waals surface area contributed by atoms with Crippen molar-refractivity contribution >= 4 is 32.4 Å². The second kappa shape index (κ2) is 7.16. The van der Waals surface area contributed by atoms with Crippen molar-refractivity contribution in [3.8, 4) is 0 Å². The van der Waals surface area contributed by atoms with Crippen LogP contribution in [0.2, 0.25) is 0 Å². The van der Waals surface area contributed by atoms with E-state index in [1.54, 1.807) is 6.92 Å². The van der Waals surface area contributed by atoms with Gasteiger partial charge in [0.05, 0.1) is 0 Å². The van der Waals surface area contributed by atoms with E-state index in [9.17, 15) is 13.2 Å². The first kappa shape index (κ1) is 17.5. The highest BCUT2D eigenvalue weighted by atomic mass is 32.2. The molecule has 2 rings (SSSR count). The SMILES string of the molecule is CCc1ccc([C@H](C)NS(=O)(=O)c2nnc(NC(C)=O)s2)cc1. The smallest absolute Gasteiger partial charge is 0.270 e. The second-order valence-corrected chi connectivity index (χ2v) is 7.86. The number of aromatic nitrogens is 2. The Bertz CT molecular complexity index is 785. The van der Waals surface area contributed by atoms with Crippen molar-refractivity contribution in [3.05, 3.63) is 35.4 Å². The predicted molar refractivity (Wildman–Crippen MR) is 88.8 cm³/mol. The molecule has 1 heterocycles. The molecule has 0 aliphatic rings. The molecule has 0 aliphatic carbocycles. The minimum atomic E-state index is -3.79. The van der Waals surface area contributed by atoms with Gasteiger partial charge in [0.15, 0.2) is 0 Å². The van der Waals surface area contributed by atoms with Crippen LogP contribution in [0.25, 0.3) is 0 Å². The fourth-order valence-electron chi connectivity index (χ4n) is 1.91. The number of anilines is 1. The number of hydrogen-bond acceptors (Lipinski definition) is 6. The highest BCUT2D eigenvalue weighted by Gasteiger charge is 2.23. The van der Waals surface area contributed by atoms with E-state index in [-0.39, 0.29) is 15.4 Å². The summed E-state index contributed by atoms with van der Waals surface area (Å²) in [4.78, 5) is 10.9. The summed E-state index contributed by atoms with van der Waals surface area (Å²) in [6, 6.07) is 7.34. The van der Waals surface area contributed by atoms with Gasteiger partial charge in [-0.1, -0.05) is 42.5 Å². The number of nitrogens with one attached hydrogen (secondary N) is 2. The molecular weight excluding hydrogens is 336 g/mol. The molecule has 0 saturated heterocycles. The van der Waals surface area contributed by atoms with Crippen molar-refractivity contribution in [3.63, 3.8) is 0 Å². The molecule has 0 radical (unpaired) electrons. The number of amides is 1. The molecule has 1 aromatic carbocycles. The molecule has 2 aromatic rings. The molecule has 0 unspecified atom stereocenters. The largest absolute Gasteiger partial charge is 0.301 e. The first-order valence-electron chi connectivity index (χ1n) is 7.04. The van der Waals surface area contributed by atoms with Crippen LogP contribution < -0.4 is 10.0 Å². The molecule has 0 saturated carbocycles. The topological polar surface area (TPSA) is 101 Å². The van der Waals surface area contributed by atoms with E-state index in [1.165, 1.54) is 12.5 Å². The lowest BCUT2D eigenvalue weighted by Crippen LogP contribution is -2.26. The lowest BCUT2D eigenvalue weighted by molar-refractivity contribution is -0.114. The zero-order valence-corrected chi connectivity index (χ0v) is 14.7.